The smallest absolute Gasteiger partial charge is 0.335 e. The Bertz CT molecular complexity index is 870. The molecule has 1 amide bonds. The monoisotopic (exact) mass is 368 g/mol. The van der Waals surface area contributed by atoms with Gasteiger partial charge in [-0.1, -0.05) is 24.3 Å². The van der Waals surface area contributed by atoms with Crippen molar-refractivity contribution in [2.75, 3.05) is 0 Å². The SMILES string of the molecule is O=C(CCCCc1nc2ccccc2s1)NCc1ccc(C(=O)O)cc1. The molecule has 0 spiro atoms. The van der Waals surface area contributed by atoms with E-state index in [-0.39, 0.29) is 11.5 Å². The number of aryl methyl sites for hydroxylation is 1. The Kier molecular flexibility index (Phi) is 5.96. The third-order valence-corrected chi connectivity index (χ3v) is 5.17. The zero-order valence-electron chi connectivity index (χ0n) is 14.3. The Balaban J connectivity index is 1.36. The van der Waals surface area contributed by atoms with Gasteiger partial charge in [0.1, 0.15) is 0 Å². The van der Waals surface area contributed by atoms with Crippen molar-refractivity contribution in [1.29, 1.82) is 0 Å². The van der Waals surface area contributed by atoms with Gasteiger partial charge in [-0.25, -0.2) is 9.78 Å². The first-order valence-corrected chi connectivity index (χ1v) is 9.37. The number of thiazole rings is 1. The molecule has 5 nitrogen and oxygen atoms in total. The van der Waals surface area contributed by atoms with Gasteiger partial charge < -0.3 is 10.4 Å². The number of hydrogen-bond acceptors (Lipinski definition) is 4. The van der Waals surface area contributed by atoms with E-state index in [4.69, 9.17) is 5.11 Å². The van der Waals surface area contributed by atoms with E-state index in [2.05, 4.69) is 16.4 Å². The molecule has 0 bridgehead atoms. The lowest BCUT2D eigenvalue weighted by Gasteiger charge is -2.05. The van der Waals surface area contributed by atoms with Gasteiger partial charge in [-0.05, 0) is 49.1 Å². The van der Waals surface area contributed by atoms with Crippen molar-refractivity contribution < 1.29 is 14.7 Å². The van der Waals surface area contributed by atoms with E-state index in [0.29, 0.717) is 13.0 Å². The van der Waals surface area contributed by atoms with Gasteiger partial charge >= 0.3 is 5.97 Å². The van der Waals surface area contributed by atoms with Gasteiger partial charge in [-0.3, -0.25) is 4.79 Å². The van der Waals surface area contributed by atoms with Crippen LogP contribution in [0.5, 0.6) is 0 Å². The number of carbonyl (C=O) groups is 2. The van der Waals surface area contributed by atoms with Crippen molar-refractivity contribution in [3.05, 3.63) is 64.7 Å². The first kappa shape index (κ1) is 18.1. The lowest BCUT2D eigenvalue weighted by Crippen LogP contribution is -2.22. The molecule has 26 heavy (non-hydrogen) atoms. The minimum atomic E-state index is -0.950. The van der Waals surface area contributed by atoms with Crippen LogP contribution in [0.25, 0.3) is 10.2 Å². The molecule has 1 heterocycles. The number of amides is 1. The first-order valence-electron chi connectivity index (χ1n) is 8.55. The molecule has 3 rings (SSSR count). The molecular formula is C20H20N2O3S. The van der Waals surface area contributed by atoms with Crippen LogP contribution in [0.2, 0.25) is 0 Å². The summed E-state index contributed by atoms with van der Waals surface area (Å²) in [5, 5.41) is 12.8. The maximum absolute atomic E-state index is 11.9. The maximum Gasteiger partial charge on any atom is 0.335 e. The number of aromatic nitrogens is 1. The largest absolute Gasteiger partial charge is 0.478 e. The second kappa shape index (κ2) is 8.58. The number of carboxylic acid groups (broad SMARTS) is 1. The van der Waals surface area contributed by atoms with E-state index in [1.54, 1.807) is 35.6 Å². The molecule has 0 fully saturated rings. The van der Waals surface area contributed by atoms with E-state index in [9.17, 15) is 9.59 Å². The molecule has 134 valence electrons. The summed E-state index contributed by atoms with van der Waals surface area (Å²) in [4.78, 5) is 27.3. The Hall–Kier alpha value is -2.73. The zero-order valence-corrected chi connectivity index (χ0v) is 15.1. The Morgan fingerprint density at radius 3 is 2.54 bits per heavy atom. The molecule has 2 aromatic carbocycles. The van der Waals surface area contributed by atoms with Crippen molar-refractivity contribution in [3.63, 3.8) is 0 Å². The number of nitrogens with zero attached hydrogens (tertiary/aromatic N) is 1. The fourth-order valence-electron chi connectivity index (χ4n) is 2.64. The number of benzene rings is 2. The van der Waals surface area contributed by atoms with Crippen LogP contribution < -0.4 is 5.32 Å². The number of fused-ring (bicyclic) bond motifs is 1. The summed E-state index contributed by atoms with van der Waals surface area (Å²) in [7, 11) is 0. The lowest BCUT2D eigenvalue weighted by atomic mass is 10.1. The van der Waals surface area contributed by atoms with Crippen LogP contribution in [-0.2, 0) is 17.8 Å². The van der Waals surface area contributed by atoms with Crippen molar-refractivity contribution in [1.82, 2.24) is 10.3 Å². The molecule has 0 aliphatic heterocycles. The molecule has 2 N–H and O–H groups in total. The van der Waals surface area contributed by atoms with Crippen molar-refractivity contribution in [2.45, 2.75) is 32.2 Å². The number of carbonyl (C=O) groups excluding carboxylic acids is 1. The standard InChI is InChI=1S/C20H20N2O3S/c23-18(21-13-14-9-11-15(12-10-14)20(24)25)7-3-4-8-19-22-16-5-1-2-6-17(16)26-19/h1-2,5-6,9-12H,3-4,7-8,13H2,(H,21,23)(H,24,25). The zero-order chi connectivity index (χ0) is 18.4. The average Bonchev–Trinajstić information content (AvgIpc) is 3.06. The second-order valence-electron chi connectivity index (χ2n) is 6.06. The Morgan fingerprint density at radius 2 is 1.81 bits per heavy atom. The number of nitrogens with one attached hydrogen (secondary N) is 1. The quantitative estimate of drug-likeness (QED) is 0.589. The minimum Gasteiger partial charge on any atom is -0.478 e. The van der Waals surface area contributed by atoms with E-state index in [1.807, 2.05) is 18.2 Å². The highest BCUT2D eigenvalue weighted by atomic mass is 32.1. The minimum absolute atomic E-state index is 0.0108. The summed E-state index contributed by atoms with van der Waals surface area (Å²) >= 11 is 1.71. The van der Waals surface area contributed by atoms with Crippen molar-refractivity contribution >= 4 is 33.4 Å². The molecule has 0 unspecified atom stereocenters. The van der Waals surface area contributed by atoms with Gasteiger partial charge in [0.05, 0.1) is 20.8 Å². The molecule has 6 heteroatoms. The molecule has 0 saturated carbocycles. The molecule has 1 aromatic heterocycles. The molecule has 0 radical (unpaired) electrons. The van der Waals surface area contributed by atoms with Crippen LogP contribution in [0.4, 0.5) is 0 Å². The highest BCUT2D eigenvalue weighted by Gasteiger charge is 2.06. The van der Waals surface area contributed by atoms with Crippen LogP contribution in [0.1, 0.15) is 40.2 Å². The lowest BCUT2D eigenvalue weighted by molar-refractivity contribution is -0.121. The fraction of sp³-hybridized carbons (Fsp3) is 0.250. The van der Waals surface area contributed by atoms with Crippen molar-refractivity contribution in [3.8, 4) is 0 Å². The summed E-state index contributed by atoms with van der Waals surface area (Å²) in [6, 6.07) is 14.6. The van der Waals surface area contributed by atoms with E-state index in [0.717, 1.165) is 35.4 Å². The van der Waals surface area contributed by atoms with Gasteiger partial charge in [-0.15, -0.1) is 11.3 Å². The predicted octanol–water partition coefficient (Wildman–Crippen LogP) is 4.02. The third kappa shape index (κ3) is 4.89. The number of unbranched alkanes of at least 4 members (excludes halogenated alkanes) is 1. The van der Waals surface area contributed by atoms with Crippen LogP contribution in [0.3, 0.4) is 0 Å². The maximum atomic E-state index is 11.9. The number of para-hydroxylation sites is 1. The normalized spacial score (nSPS) is 10.8. The van der Waals surface area contributed by atoms with Crippen LogP contribution >= 0.6 is 11.3 Å². The molecule has 3 aromatic rings. The molecule has 0 saturated heterocycles. The molecule has 0 aliphatic carbocycles. The fourth-order valence-corrected chi connectivity index (χ4v) is 3.65. The summed E-state index contributed by atoms with van der Waals surface area (Å²) < 4.78 is 1.20. The van der Waals surface area contributed by atoms with E-state index in [1.165, 1.54) is 4.70 Å². The van der Waals surface area contributed by atoms with Crippen LogP contribution in [-0.4, -0.2) is 22.0 Å². The molecular weight excluding hydrogens is 348 g/mol. The van der Waals surface area contributed by atoms with Gasteiger partial charge in [0.15, 0.2) is 0 Å². The van der Waals surface area contributed by atoms with Crippen LogP contribution in [0, 0.1) is 0 Å². The first-order chi connectivity index (χ1) is 12.6. The third-order valence-electron chi connectivity index (χ3n) is 4.07. The van der Waals surface area contributed by atoms with Gasteiger partial charge in [-0.2, -0.15) is 0 Å². The number of aromatic carboxylic acids is 1. The van der Waals surface area contributed by atoms with Crippen molar-refractivity contribution in [2.24, 2.45) is 0 Å². The molecule has 0 aliphatic rings. The summed E-state index contributed by atoms with van der Waals surface area (Å²) in [5.41, 5.74) is 2.17. The second-order valence-corrected chi connectivity index (χ2v) is 7.18. The van der Waals surface area contributed by atoms with Gasteiger partial charge in [0.2, 0.25) is 5.91 Å². The van der Waals surface area contributed by atoms with Gasteiger partial charge in [0, 0.05) is 13.0 Å². The van der Waals surface area contributed by atoms with Gasteiger partial charge in [0.25, 0.3) is 0 Å². The van der Waals surface area contributed by atoms with Crippen LogP contribution in [0.15, 0.2) is 48.5 Å². The summed E-state index contributed by atoms with van der Waals surface area (Å²) in [6.45, 7) is 0.413. The highest BCUT2D eigenvalue weighted by Crippen LogP contribution is 2.22. The summed E-state index contributed by atoms with van der Waals surface area (Å²) in [6.07, 6.45) is 3.13. The Labute approximate surface area is 155 Å². The number of rotatable bonds is 8. The number of carboxylic acids is 1. The van der Waals surface area contributed by atoms with E-state index >= 15 is 0 Å². The average molecular weight is 368 g/mol. The molecule has 0 atom stereocenters. The number of hydrogen-bond donors (Lipinski definition) is 2. The highest BCUT2D eigenvalue weighted by molar-refractivity contribution is 7.18. The topological polar surface area (TPSA) is 79.3 Å². The Morgan fingerprint density at radius 1 is 1.04 bits per heavy atom. The predicted molar refractivity (Wildman–Crippen MR) is 102 cm³/mol. The van der Waals surface area contributed by atoms with E-state index < -0.39 is 5.97 Å². The summed E-state index contributed by atoms with van der Waals surface area (Å²) in [5.74, 6) is -0.940.